The highest BCUT2D eigenvalue weighted by Gasteiger charge is 2.15. The molecule has 5 heteroatoms. The van der Waals surface area contributed by atoms with Gasteiger partial charge in [-0.2, -0.15) is 0 Å². The first kappa shape index (κ1) is 14.2. The number of hydrogen-bond donors (Lipinski definition) is 3. The highest BCUT2D eigenvalue weighted by atomic mass is 16.4. The Balaban J connectivity index is 2.40. The zero-order valence-electron chi connectivity index (χ0n) is 10.2. The minimum atomic E-state index is -0.975. The van der Waals surface area contributed by atoms with Gasteiger partial charge in [0.1, 0.15) is 0 Å². The van der Waals surface area contributed by atoms with E-state index in [1.807, 2.05) is 12.1 Å². The molecule has 0 aliphatic carbocycles. The molecule has 3 N–H and O–H groups in total. The summed E-state index contributed by atoms with van der Waals surface area (Å²) < 4.78 is 0. The maximum absolute atomic E-state index is 11.4. The number of carboxylic acids is 1. The Kier molecular flexibility index (Phi) is 5.32. The van der Waals surface area contributed by atoms with E-state index in [1.54, 1.807) is 12.1 Å². The lowest BCUT2D eigenvalue weighted by molar-refractivity contribution is -0.143. The third-order valence-electron chi connectivity index (χ3n) is 2.61. The maximum atomic E-state index is 11.4. The fourth-order valence-electron chi connectivity index (χ4n) is 1.40. The molecular weight excluding hydrogens is 234 g/mol. The summed E-state index contributed by atoms with van der Waals surface area (Å²) in [5.74, 6) is -1.93. The molecule has 0 heterocycles. The zero-order valence-corrected chi connectivity index (χ0v) is 10.2. The smallest absolute Gasteiger partial charge is 0.306 e. The number of aliphatic hydroxyl groups excluding tert-OH is 1. The van der Waals surface area contributed by atoms with Gasteiger partial charge in [-0.3, -0.25) is 9.59 Å². The van der Waals surface area contributed by atoms with Gasteiger partial charge >= 0.3 is 5.97 Å². The van der Waals surface area contributed by atoms with Gasteiger partial charge < -0.3 is 15.5 Å². The molecule has 98 valence electrons. The van der Waals surface area contributed by atoms with Crippen LogP contribution in [0.3, 0.4) is 0 Å². The monoisotopic (exact) mass is 251 g/mol. The number of nitrogens with one attached hydrogen (secondary N) is 1. The van der Waals surface area contributed by atoms with E-state index >= 15 is 0 Å². The van der Waals surface area contributed by atoms with Crippen LogP contribution in [0.4, 0.5) is 0 Å². The van der Waals surface area contributed by atoms with Gasteiger partial charge in [0.25, 0.3) is 0 Å². The van der Waals surface area contributed by atoms with Crippen LogP contribution in [0.5, 0.6) is 0 Å². The highest BCUT2D eigenvalue weighted by Crippen LogP contribution is 2.05. The highest BCUT2D eigenvalue weighted by molar-refractivity contribution is 5.81. The minimum absolute atomic E-state index is 0.0111. The van der Waals surface area contributed by atoms with E-state index in [1.165, 1.54) is 6.92 Å². The molecule has 0 aliphatic heterocycles. The Morgan fingerprint density at radius 1 is 1.22 bits per heavy atom. The van der Waals surface area contributed by atoms with Gasteiger partial charge in [-0.05, 0) is 11.1 Å². The van der Waals surface area contributed by atoms with Gasteiger partial charge in [0.05, 0.1) is 12.5 Å². The molecule has 1 rings (SSSR count). The van der Waals surface area contributed by atoms with Crippen LogP contribution < -0.4 is 5.32 Å². The summed E-state index contributed by atoms with van der Waals surface area (Å²) in [6.45, 7) is 1.84. The van der Waals surface area contributed by atoms with Crippen molar-refractivity contribution >= 4 is 11.9 Å². The molecular formula is C13H17NO4. The van der Waals surface area contributed by atoms with Gasteiger partial charge in [0.15, 0.2) is 0 Å². The van der Waals surface area contributed by atoms with E-state index in [0.717, 1.165) is 11.1 Å². The van der Waals surface area contributed by atoms with Crippen LogP contribution in [0, 0.1) is 5.92 Å². The van der Waals surface area contributed by atoms with Crippen LogP contribution in [0.25, 0.3) is 0 Å². The Bertz CT molecular complexity index is 414. The van der Waals surface area contributed by atoms with Crippen LogP contribution in [-0.2, 0) is 22.7 Å². The first-order valence-corrected chi connectivity index (χ1v) is 5.71. The quantitative estimate of drug-likeness (QED) is 0.701. The molecule has 1 aromatic carbocycles. The standard InChI is InChI=1S/C13H17NO4/c1-9(13(17)18)6-12(16)14-7-10-2-4-11(8-15)5-3-10/h2-5,9,15H,6-8H2,1H3,(H,14,16)(H,17,18)/t9-/m1/s1. The van der Waals surface area contributed by atoms with Crippen molar-refractivity contribution < 1.29 is 19.8 Å². The van der Waals surface area contributed by atoms with Crippen LogP contribution in [0.1, 0.15) is 24.5 Å². The summed E-state index contributed by atoms with van der Waals surface area (Å²) in [6.07, 6.45) is -0.0238. The van der Waals surface area contributed by atoms with E-state index in [-0.39, 0.29) is 18.9 Å². The molecule has 18 heavy (non-hydrogen) atoms. The summed E-state index contributed by atoms with van der Waals surface area (Å²) >= 11 is 0. The second-order valence-corrected chi connectivity index (χ2v) is 4.19. The molecule has 0 aromatic heterocycles. The molecule has 0 radical (unpaired) electrons. The lowest BCUT2D eigenvalue weighted by Crippen LogP contribution is -2.26. The molecule has 0 unspecified atom stereocenters. The topological polar surface area (TPSA) is 86.6 Å². The fourth-order valence-corrected chi connectivity index (χ4v) is 1.40. The van der Waals surface area contributed by atoms with Crippen molar-refractivity contribution in [2.75, 3.05) is 0 Å². The summed E-state index contributed by atoms with van der Waals surface area (Å²) in [5, 5.41) is 20.2. The van der Waals surface area contributed by atoms with E-state index in [2.05, 4.69) is 5.32 Å². The molecule has 0 spiro atoms. The normalized spacial score (nSPS) is 11.9. The Labute approximate surface area is 105 Å². The van der Waals surface area contributed by atoms with Crippen molar-refractivity contribution in [3.8, 4) is 0 Å². The van der Waals surface area contributed by atoms with E-state index < -0.39 is 11.9 Å². The summed E-state index contributed by atoms with van der Waals surface area (Å²) in [4.78, 5) is 22.0. The molecule has 5 nitrogen and oxygen atoms in total. The number of benzene rings is 1. The third-order valence-corrected chi connectivity index (χ3v) is 2.61. The summed E-state index contributed by atoms with van der Waals surface area (Å²) in [5.41, 5.74) is 1.72. The lowest BCUT2D eigenvalue weighted by Gasteiger charge is -2.08. The Hall–Kier alpha value is -1.88. The minimum Gasteiger partial charge on any atom is -0.481 e. The number of carbonyl (C=O) groups is 2. The first-order chi connectivity index (χ1) is 8.52. The SMILES string of the molecule is C[C@H](CC(=O)NCc1ccc(CO)cc1)C(=O)O. The maximum Gasteiger partial charge on any atom is 0.306 e. The summed E-state index contributed by atoms with van der Waals surface area (Å²) in [7, 11) is 0. The molecule has 1 atom stereocenters. The first-order valence-electron chi connectivity index (χ1n) is 5.71. The van der Waals surface area contributed by atoms with Crippen LogP contribution in [0.15, 0.2) is 24.3 Å². The molecule has 0 saturated heterocycles. The van der Waals surface area contributed by atoms with Crippen LogP contribution in [0.2, 0.25) is 0 Å². The molecule has 0 bridgehead atoms. The van der Waals surface area contributed by atoms with Crippen molar-refractivity contribution in [2.24, 2.45) is 5.92 Å². The fraction of sp³-hybridized carbons (Fsp3) is 0.385. The molecule has 1 aromatic rings. The Morgan fingerprint density at radius 3 is 2.28 bits per heavy atom. The number of hydrogen-bond acceptors (Lipinski definition) is 3. The molecule has 0 saturated carbocycles. The molecule has 0 aliphatic rings. The van der Waals surface area contributed by atoms with Gasteiger partial charge in [-0.15, -0.1) is 0 Å². The average molecular weight is 251 g/mol. The number of carbonyl (C=O) groups excluding carboxylic acids is 1. The average Bonchev–Trinajstić information content (AvgIpc) is 2.36. The number of amides is 1. The van der Waals surface area contributed by atoms with Crippen molar-refractivity contribution in [1.82, 2.24) is 5.32 Å². The van der Waals surface area contributed by atoms with Crippen LogP contribution >= 0.6 is 0 Å². The van der Waals surface area contributed by atoms with E-state index in [0.29, 0.717) is 6.54 Å². The third kappa shape index (κ3) is 4.55. The number of rotatable bonds is 6. The Morgan fingerprint density at radius 2 is 1.78 bits per heavy atom. The largest absolute Gasteiger partial charge is 0.481 e. The van der Waals surface area contributed by atoms with Gasteiger partial charge in [0.2, 0.25) is 5.91 Å². The zero-order chi connectivity index (χ0) is 13.5. The van der Waals surface area contributed by atoms with Gasteiger partial charge in [-0.25, -0.2) is 0 Å². The van der Waals surface area contributed by atoms with E-state index in [9.17, 15) is 9.59 Å². The molecule has 1 amide bonds. The predicted octanol–water partition coefficient (Wildman–Crippen LogP) is 0.906. The number of aliphatic carboxylic acids is 1. The van der Waals surface area contributed by atoms with E-state index in [4.69, 9.17) is 10.2 Å². The van der Waals surface area contributed by atoms with Crippen molar-refractivity contribution in [3.05, 3.63) is 35.4 Å². The van der Waals surface area contributed by atoms with Crippen molar-refractivity contribution in [3.63, 3.8) is 0 Å². The lowest BCUT2D eigenvalue weighted by atomic mass is 10.1. The van der Waals surface area contributed by atoms with Gasteiger partial charge in [0, 0.05) is 13.0 Å². The summed E-state index contributed by atoms with van der Waals surface area (Å²) in [6, 6.07) is 7.18. The molecule has 0 fully saturated rings. The van der Waals surface area contributed by atoms with Crippen LogP contribution in [-0.4, -0.2) is 22.1 Å². The predicted molar refractivity (Wildman–Crippen MR) is 65.6 cm³/mol. The number of carboxylic acid groups (broad SMARTS) is 1. The van der Waals surface area contributed by atoms with Crippen molar-refractivity contribution in [1.29, 1.82) is 0 Å². The number of aliphatic hydroxyl groups is 1. The second-order valence-electron chi connectivity index (χ2n) is 4.19. The van der Waals surface area contributed by atoms with Gasteiger partial charge in [-0.1, -0.05) is 31.2 Å². The second kappa shape index (κ2) is 6.76. The van der Waals surface area contributed by atoms with Crippen molar-refractivity contribution in [2.45, 2.75) is 26.5 Å².